The average Bonchev–Trinajstić information content (AvgIpc) is 2.45. The second-order valence-electron chi connectivity index (χ2n) is 4.15. The molecular weight excluding hydrogens is 363 g/mol. The van der Waals surface area contributed by atoms with E-state index in [-0.39, 0.29) is 12.4 Å². The van der Waals surface area contributed by atoms with E-state index in [0.29, 0.717) is 26.4 Å². The molecule has 0 radical (unpaired) electrons. The minimum Gasteiger partial charge on any atom is -0.488 e. The highest BCUT2D eigenvalue weighted by molar-refractivity contribution is 9.10. The molecular formula is C14H11BrClFN2O2. The summed E-state index contributed by atoms with van der Waals surface area (Å²) < 4.78 is 19.9. The first-order valence-electron chi connectivity index (χ1n) is 5.85. The molecule has 0 aliphatic carbocycles. The van der Waals surface area contributed by atoms with E-state index in [0.717, 1.165) is 0 Å². The van der Waals surface area contributed by atoms with Crippen LogP contribution in [0.5, 0.6) is 5.75 Å². The lowest BCUT2D eigenvalue weighted by Gasteiger charge is -2.11. The normalized spacial score (nSPS) is 11.5. The fourth-order valence-electron chi connectivity index (χ4n) is 1.68. The molecule has 0 aliphatic heterocycles. The van der Waals surface area contributed by atoms with Crippen LogP contribution in [0.15, 0.2) is 46.0 Å². The Labute approximate surface area is 134 Å². The summed E-state index contributed by atoms with van der Waals surface area (Å²) in [7, 11) is 0. The molecule has 110 valence electrons. The van der Waals surface area contributed by atoms with Gasteiger partial charge in [-0.05, 0) is 30.3 Å². The van der Waals surface area contributed by atoms with Gasteiger partial charge in [-0.2, -0.15) is 0 Å². The minimum atomic E-state index is -0.392. The molecule has 2 aromatic rings. The van der Waals surface area contributed by atoms with Crippen molar-refractivity contribution in [3.05, 3.63) is 62.8 Å². The molecule has 2 rings (SSSR count). The Hall–Kier alpha value is -1.79. The molecule has 0 saturated carbocycles. The summed E-state index contributed by atoms with van der Waals surface area (Å²) in [5.41, 5.74) is 6.31. The van der Waals surface area contributed by atoms with Crippen LogP contribution in [0, 0.1) is 5.82 Å². The number of nitrogens with two attached hydrogens (primary N) is 1. The molecule has 0 saturated heterocycles. The summed E-state index contributed by atoms with van der Waals surface area (Å²) in [5.74, 6) is -0.199. The monoisotopic (exact) mass is 372 g/mol. The average molecular weight is 374 g/mol. The molecule has 0 heterocycles. The van der Waals surface area contributed by atoms with Crippen LogP contribution in [-0.2, 0) is 6.61 Å². The van der Waals surface area contributed by atoms with Crippen LogP contribution in [0.4, 0.5) is 4.39 Å². The number of oxime groups is 1. The molecule has 2 aromatic carbocycles. The molecule has 21 heavy (non-hydrogen) atoms. The van der Waals surface area contributed by atoms with Gasteiger partial charge in [-0.15, -0.1) is 0 Å². The number of hydrogen-bond acceptors (Lipinski definition) is 3. The number of nitrogens with zero attached hydrogens (tertiary/aromatic N) is 1. The van der Waals surface area contributed by atoms with Crippen molar-refractivity contribution in [3.63, 3.8) is 0 Å². The summed E-state index contributed by atoms with van der Waals surface area (Å²) in [6.07, 6.45) is 0. The molecule has 7 heteroatoms. The fourth-order valence-corrected chi connectivity index (χ4v) is 2.17. The third-order valence-electron chi connectivity index (χ3n) is 2.73. The van der Waals surface area contributed by atoms with E-state index in [1.54, 1.807) is 24.3 Å². The largest absolute Gasteiger partial charge is 0.488 e. The van der Waals surface area contributed by atoms with Crippen molar-refractivity contribution in [3.8, 4) is 5.75 Å². The van der Waals surface area contributed by atoms with Crippen LogP contribution in [0.25, 0.3) is 0 Å². The van der Waals surface area contributed by atoms with Crippen molar-refractivity contribution >= 4 is 33.4 Å². The Bertz CT molecular complexity index is 695. The van der Waals surface area contributed by atoms with E-state index >= 15 is 0 Å². The molecule has 0 aromatic heterocycles. The zero-order valence-electron chi connectivity index (χ0n) is 10.7. The highest BCUT2D eigenvalue weighted by atomic mass is 79.9. The summed E-state index contributed by atoms with van der Waals surface area (Å²) in [6, 6.07) is 9.33. The van der Waals surface area contributed by atoms with Gasteiger partial charge in [-0.25, -0.2) is 4.39 Å². The standard InChI is InChI=1S/C14H11BrClFN2O2/c15-9-2-1-8(12(17)5-9)7-21-13-6-10(16)3-4-11(13)14(18)19-20/h1-6,20H,7H2,(H2,18,19). The lowest BCUT2D eigenvalue weighted by Crippen LogP contribution is -2.15. The van der Waals surface area contributed by atoms with Crippen LogP contribution < -0.4 is 10.5 Å². The smallest absolute Gasteiger partial charge is 0.173 e. The second kappa shape index (κ2) is 6.78. The van der Waals surface area contributed by atoms with Crippen LogP contribution in [-0.4, -0.2) is 11.0 Å². The van der Waals surface area contributed by atoms with Gasteiger partial charge in [0.2, 0.25) is 0 Å². The molecule has 0 fully saturated rings. The summed E-state index contributed by atoms with van der Waals surface area (Å²) >= 11 is 9.08. The second-order valence-corrected chi connectivity index (χ2v) is 5.50. The third kappa shape index (κ3) is 3.86. The van der Waals surface area contributed by atoms with Crippen LogP contribution >= 0.6 is 27.5 Å². The quantitative estimate of drug-likeness (QED) is 0.369. The van der Waals surface area contributed by atoms with E-state index in [2.05, 4.69) is 21.1 Å². The molecule has 0 aliphatic rings. The van der Waals surface area contributed by atoms with Gasteiger partial charge < -0.3 is 15.7 Å². The van der Waals surface area contributed by atoms with E-state index < -0.39 is 5.82 Å². The van der Waals surface area contributed by atoms with Gasteiger partial charge >= 0.3 is 0 Å². The van der Waals surface area contributed by atoms with Crippen molar-refractivity contribution in [2.24, 2.45) is 10.9 Å². The SMILES string of the molecule is N/C(=N/O)c1ccc(Cl)cc1OCc1ccc(Br)cc1F. The molecule has 0 bridgehead atoms. The van der Waals surface area contributed by atoms with Crippen molar-refractivity contribution in [1.82, 2.24) is 0 Å². The Balaban J connectivity index is 2.25. The zero-order valence-corrected chi connectivity index (χ0v) is 13.0. The van der Waals surface area contributed by atoms with E-state index in [9.17, 15) is 4.39 Å². The van der Waals surface area contributed by atoms with Gasteiger partial charge in [0.15, 0.2) is 5.84 Å². The van der Waals surface area contributed by atoms with Crippen LogP contribution in [0.1, 0.15) is 11.1 Å². The Morgan fingerprint density at radius 3 is 2.76 bits per heavy atom. The van der Waals surface area contributed by atoms with Gasteiger partial charge in [-0.3, -0.25) is 0 Å². The van der Waals surface area contributed by atoms with Gasteiger partial charge in [0, 0.05) is 15.1 Å². The van der Waals surface area contributed by atoms with E-state index in [1.165, 1.54) is 12.1 Å². The van der Waals surface area contributed by atoms with Crippen LogP contribution in [0.3, 0.4) is 0 Å². The van der Waals surface area contributed by atoms with Gasteiger partial charge in [0.05, 0.1) is 5.56 Å². The van der Waals surface area contributed by atoms with Gasteiger partial charge in [0.25, 0.3) is 0 Å². The van der Waals surface area contributed by atoms with Crippen molar-refractivity contribution in [2.75, 3.05) is 0 Å². The minimum absolute atomic E-state index is 0.00877. The molecule has 0 spiro atoms. The van der Waals surface area contributed by atoms with E-state index in [4.69, 9.17) is 27.3 Å². The summed E-state index contributed by atoms with van der Waals surface area (Å²) in [4.78, 5) is 0. The number of rotatable bonds is 4. The number of ether oxygens (including phenoxy) is 1. The van der Waals surface area contributed by atoms with Crippen LogP contribution in [0.2, 0.25) is 5.02 Å². The highest BCUT2D eigenvalue weighted by Crippen LogP contribution is 2.25. The molecule has 0 amide bonds. The van der Waals surface area contributed by atoms with E-state index in [1.807, 2.05) is 0 Å². The first-order valence-corrected chi connectivity index (χ1v) is 7.02. The molecule has 4 nitrogen and oxygen atoms in total. The van der Waals surface area contributed by atoms with Gasteiger partial charge in [0.1, 0.15) is 18.2 Å². The Kier molecular flexibility index (Phi) is 5.03. The first kappa shape index (κ1) is 15.6. The topological polar surface area (TPSA) is 67.8 Å². The summed E-state index contributed by atoms with van der Waals surface area (Å²) in [6.45, 7) is -0.00877. The molecule has 3 N–H and O–H groups in total. The Morgan fingerprint density at radius 2 is 2.10 bits per heavy atom. The number of amidine groups is 1. The molecule has 0 atom stereocenters. The lowest BCUT2D eigenvalue weighted by molar-refractivity contribution is 0.297. The van der Waals surface area contributed by atoms with Gasteiger partial charge in [-0.1, -0.05) is 38.8 Å². The maximum atomic E-state index is 13.7. The van der Waals surface area contributed by atoms with Crippen molar-refractivity contribution in [2.45, 2.75) is 6.61 Å². The van der Waals surface area contributed by atoms with Crippen molar-refractivity contribution in [1.29, 1.82) is 0 Å². The predicted octanol–water partition coefficient (Wildman–Crippen LogP) is 3.92. The maximum Gasteiger partial charge on any atom is 0.173 e. The molecule has 0 unspecified atom stereocenters. The predicted molar refractivity (Wildman–Crippen MR) is 82.4 cm³/mol. The fraction of sp³-hybridized carbons (Fsp3) is 0.0714. The number of halogens is 3. The number of benzene rings is 2. The maximum absolute atomic E-state index is 13.7. The highest BCUT2D eigenvalue weighted by Gasteiger charge is 2.11. The third-order valence-corrected chi connectivity index (χ3v) is 3.45. The first-order chi connectivity index (χ1) is 10.0. The lowest BCUT2D eigenvalue weighted by atomic mass is 10.2. The number of hydrogen-bond donors (Lipinski definition) is 2. The van der Waals surface area contributed by atoms with Crippen molar-refractivity contribution < 1.29 is 14.3 Å². The zero-order chi connectivity index (χ0) is 15.4. The summed E-state index contributed by atoms with van der Waals surface area (Å²) in [5, 5.41) is 12.1. The Morgan fingerprint density at radius 1 is 1.33 bits per heavy atom.